The average molecular weight is 459 g/mol. The van der Waals surface area contributed by atoms with Gasteiger partial charge in [0.2, 0.25) is 11.7 Å². The number of ether oxygens (including phenoxy) is 1. The number of carbonyl (C=O) groups is 1. The summed E-state index contributed by atoms with van der Waals surface area (Å²) in [4.78, 5) is 19.5. The Bertz CT molecular complexity index is 1220. The maximum Gasteiger partial charge on any atom is 0.449 e. The van der Waals surface area contributed by atoms with Gasteiger partial charge in [-0.1, -0.05) is 36.4 Å². The summed E-state index contributed by atoms with van der Waals surface area (Å²) in [5.74, 6) is -0.918. The zero-order chi connectivity index (χ0) is 22.7. The van der Waals surface area contributed by atoms with E-state index in [1.807, 2.05) is 35.7 Å². The minimum atomic E-state index is -4.68. The molecule has 32 heavy (non-hydrogen) atoms. The molecule has 9 heteroatoms. The van der Waals surface area contributed by atoms with Gasteiger partial charge >= 0.3 is 6.18 Å². The fourth-order valence-electron chi connectivity index (χ4n) is 3.55. The van der Waals surface area contributed by atoms with Crippen LogP contribution in [0.25, 0.3) is 11.0 Å². The monoisotopic (exact) mass is 459 g/mol. The second kappa shape index (κ2) is 9.04. The van der Waals surface area contributed by atoms with Crippen LogP contribution >= 0.6 is 11.3 Å². The molecule has 0 saturated heterocycles. The zero-order valence-corrected chi connectivity index (χ0v) is 18.0. The Kier molecular flexibility index (Phi) is 6.18. The van der Waals surface area contributed by atoms with Crippen LogP contribution in [0.3, 0.4) is 0 Å². The lowest BCUT2D eigenvalue weighted by Gasteiger charge is -2.24. The number of para-hydroxylation sites is 3. The minimum Gasteiger partial charge on any atom is -0.496 e. The van der Waals surface area contributed by atoms with Crippen molar-refractivity contribution < 1.29 is 22.7 Å². The van der Waals surface area contributed by atoms with Crippen LogP contribution in [0.2, 0.25) is 0 Å². The SMILES string of the molecule is COc1ccccc1CN(Cc1cccs1)C(=O)Cn1c(C(F)(F)F)nc2ccccc21. The highest BCUT2D eigenvalue weighted by Gasteiger charge is 2.38. The number of carbonyl (C=O) groups excluding carboxylic acids is 1. The first kappa shape index (κ1) is 21.9. The van der Waals surface area contributed by atoms with E-state index >= 15 is 0 Å². The third-order valence-corrected chi connectivity index (χ3v) is 5.90. The van der Waals surface area contributed by atoms with Gasteiger partial charge in [0.1, 0.15) is 12.3 Å². The third kappa shape index (κ3) is 4.62. The Hall–Kier alpha value is -3.33. The molecule has 0 atom stereocenters. The van der Waals surface area contributed by atoms with Crippen molar-refractivity contribution in [1.29, 1.82) is 0 Å². The molecule has 5 nitrogen and oxygen atoms in total. The largest absolute Gasteiger partial charge is 0.496 e. The van der Waals surface area contributed by atoms with E-state index in [1.165, 1.54) is 30.6 Å². The number of rotatable bonds is 7. The first-order valence-corrected chi connectivity index (χ1v) is 10.7. The molecule has 0 aliphatic rings. The predicted octanol–water partition coefficient (Wildman–Crippen LogP) is 5.35. The standard InChI is InChI=1S/C23H20F3N3O2S/c1-31-20-11-5-2-7-16(20)13-28(14-17-8-6-12-32-17)21(30)15-29-19-10-4-3-9-18(19)27-22(29)23(24,25)26/h2-12H,13-15H2,1H3. The van der Waals surface area contributed by atoms with E-state index < -0.39 is 24.5 Å². The lowest BCUT2D eigenvalue weighted by atomic mass is 10.2. The number of alkyl halides is 3. The van der Waals surface area contributed by atoms with Crippen LogP contribution < -0.4 is 4.74 Å². The first-order chi connectivity index (χ1) is 15.4. The molecule has 2 heterocycles. The van der Waals surface area contributed by atoms with Gasteiger partial charge in [0, 0.05) is 17.0 Å². The summed E-state index contributed by atoms with van der Waals surface area (Å²) >= 11 is 1.48. The summed E-state index contributed by atoms with van der Waals surface area (Å²) < 4.78 is 47.3. The molecule has 0 fully saturated rings. The van der Waals surface area contributed by atoms with Gasteiger partial charge in [-0.3, -0.25) is 4.79 Å². The molecular weight excluding hydrogens is 439 g/mol. The molecule has 0 aliphatic heterocycles. The van der Waals surface area contributed by atoms with Crippen molar-refractivity contribution in [2.75, 3.05) is 7.11 Å². The fourth-order valence-corrected chi connectivity index (χ4v) is 4.27. The Balaban J connectivity index is 1.69. The Morgan fingerprint density at radius 3 is 2.53 bits per heavy atom. The molecule has 0 saturated carbocycles. The number of aromatic nitrogens is 2. The summed E-state index contributed by atoms with van der Waals surface area (Å²) in [6.45, 7) is 0.00708. The zero-order valence-electron chi connectivity index (χ0n) is 17.2. The van der Waals surface area contributed by atoms with E-state index in [-0.39, 0.29) is 24.1 Å². The van der Waals surface area contributed by atoms with E-state index in [0.29, 0.717) is 5.75 Å². The van der Waals surface area contributed by atoms with Gasteiger partial charge in [-0.25, -0.2) is 4.98 Å². The fraction of sp³-hybridized carbons (Fsp3) is 0.217. The molecule has 0 radical (unpaired) electrons. The molecule has 0 N–H and O–H groups in total. The van der Waals surface area contributed by atoms with Crippen molar-refractivity contribution in [2.24, 2.45) is 0 Å². The summed E-state index contributed by atoms with van der Waals surface area (Å²) in [5.41, 5.74) is 1.23. The van der Waals surface area contributed by atoms with Crippen molar-refractivity contribution in [3.05, 3.63) is 82.3 Å². The first-order valence-electron chi connectivity index (χ1n) is 9.81. The van der Waals surface area contributed by atoms with Gasteiger partial charge < -0.3 is 14.2 Å². The van der Waals surface area contributed by atoms with Gasteiger partial charge in [-0.05, 0) is 29.6 Å². The number of hydrogen-bond acceptors (Lipinski definition) is 4. The smallest absolute Gasteiger partial charge is 0.449 e. The van der Waals surface area contributed by atoms with Crippen LogP contribution in [0.15, 0.2) is 66.0 Å². The van der Waals surface area contributed by atoms with Crippen LogP contribution in [0.5, 0.6) is 5.75 Å². The molecule has 0 bridgehead atoms. The molecular formula is C23H20F3N3O2S. The molecule has 0 unspecified atom stereocenters. The predicted molar refractivity (Wildman–Crippen MR) is 116 cm³/mol. The highest BCUT2D eigenvalue weighted by molar-refractivity contribution is 7.09. The molecule has 1 amide bonds. The molecule has 4 rings (SSSR count). The second-order valence-electron chi connectivity index (χ2n) is 7.15. The van der Waals surface area contributed by atoms with Crippen LogP contribution in [0.4, 0.5) is 13.2 Å². The number of hydrogen-bond donors (Lipinski definition) is 0. The maximum absolute atomic E-state index is 13.7. The van der Waals surface area contributed by atoms with Gasteiger partial charge in [-0.2, -0.15) is 13.2 Å². The van der Waals surface area contributed by atoms with Gasteiger partial charge in [0.05, 0.1) is 24.7 Å². The number of thiophene rings is 1. The van der Waals surface area contributed by atoms with Crippen LogP contribution in [-0.2, 0) is 30.6 Å². The lowest BCUT2D eigenvalue weighted by Crippen LogP contribution is -2.34. The number of fused-ring (bicyclic) bond motifs is 1. The second-order valence-corrected chi connectivity index (χ2v) is 8.18. The Morgan fingerprint density at radius 1 is 1.06 bits per heavy atom. The van der Waals surface area contributed by atoms with Crippen LogP contribution in [-0.4, -0.2) is 27.5 Å². The van der Waals surface area contributed by atoms with E-state index in [4.69, 9.17) is 4.74 Å². The Morgan fingerprint density at radius 2 is 1.81 bits per heavy atom. The third-order valence-electron chi connectivity index (χ3n) is 5.03. The van der Waals surface area contributed by atoms with E-state index in [1.54, 1.807) is 23.1 Å². The molecule has 0 spiro atoms. The van der Waals surface area contributed by atoms with Crippen LogP contribution in [0.1, 0.15) is 16.3 Å². The Labute approximate surface area is 186 Å². The molecule has 166 valence electrons. The summed E-state index contributed by atoms with van der Waals surface area (Å²) in [6, 6.07) is 17.3. The number of halogens is 3. The highest BCUT2D eigenvalue weighted by atomic mass is 32.1. The van der Waals surface area contributed by atoms with Gasteiger partial charge in [0.25, 0.3) is 0 Å². The average Bonchev–Trinajstić information content (AvgIpc) is 3.41. The summed E-state index contributed by atoms with van der Waals surface area (Å²) in [5, 5.41) is 1.90. The molecule has 4 aromatic rings. The molecule has 0 aliphatic carbocycles. The van der Waals surface area contributed by atoms with Crippen molar-refractivity contribution in [2.45, 2.75) is 25.8 Å². The highest BCUT2D eigenvalue weighted by Crippen LogP contribution is 2.32. The van der Waals surface area contributed by atoms with Gasteiger partial charge in [-0.15, -0.1) is 11.3 Å². The normalized spacial score (nSPS) is 11.6. The van der Waals surface area contributed by atoms with E-state index in [2.05, 4.69) is 4.98 Å². The van der Waals surface area contributed by atoms with Crippen molar-refractivity contribution in [3.63, 3.8) is 0 Å². The number of benzene rings is 2. The number of amides is 1. The summed E-state index contributed by atoms with van der Waals surface area (Å²) in [7, 11) is 1.54. The number of imidazole rings is 1. The lowest BCUT2D eigenvalue weighted by molar-refractivity contribution is -0.148. The minimum absolute atomic E-state index is 0.196. The van der Waals surface area contributed by atoms with Crippen molar-refractivity contribution >= 4 is 28.3 Å². The maximum atomic E-state index is 13.7. The summed E-state index contributed by atoms with van der Waals surface area (Å²) in [6.07, 6.45) is -4.68. The van der Waals surface area contributed by atoms with Crippen LogP contribution in [0, 0.1) is 0 Å². The topological polar surface area (TPSA) is 47.4 Å². The quantitative estimate of drug-likeness (QED) is 0.374. The molecule has 2 aromatic carbocycles. The van der Waals surface area contributed by atoms with E-state index in [9.17, 15) is 18.0 Å². The molecule has 2 aromatic heterocycles. The number of methoxy groups -OCH3 is 1. The van der Waals surface area contributed by atoms with Crippen molar-refractivity contribution in [1.82, 2.24) is 14.5 Å². The van der Waals surface area contributed by atoms with Gasteiger partial charge in [0.15, 0.2) is 0 Å². The number of nitrogens with zero attached hydrogens (tertiary/aromatic N) is 3. The van der Waals surface area contributed by atoms with E-state index in [0.717, 1.165) is 15.0 Å². The van der Waals surface area contributed by atoms with Crippen molar-refractivity contribution in [3.8, 4) is 5.75 Å².